The third-order valence-electron chi connectivity index (χ3n) is 6.10. The maximum Gasteiger partial charge on any atom is 0.255 e. The highest BCUT2D eigenvalue weighted by molar-refractivity contribution is 5.94. The van der Waals surface area contributed by atoms with Crippen LogP contribution in [0.15, 0.2) is 67.4 Å². The number of para-hydroxylation sites is 1. The van der Waals surface area contributed by atoms with Crippen LogP contribution in [-0.4, -0.2) is 48.8 Å². The minimum Gasteiger partial charge on any atom is -0.439 e. The summed E-state index contributed by atoms with van der Waals surface area (Å²) in [6.45, 7) is 5.19. The normalized spacial score (nSPS) is 15.6. The minimum absolute atomic E-state index is 0.0397. The van der Waals surface area contributed by atoms with E-state index in [-0.39, 0.29) is 11.8 Å². The Kier molecular flexibility index (Phi) is 6.43. The molecule has 0 aliphatic carbocycles. The molecule has 8 heteroatoms. The third-order valence-corrected chi connectivity index (χ3v) is 6.10. The number of likely N-dealkylation sites (tertiary alicyclic amines) is 1. The van der Waals surface area contributed by atoms with Crippen molar-refractivity contribution < 1.29 is 9.53 Å². The van der Waals surface area contributed by atoms with Crippen LogP contribution in [0.25, 0.3) is 11.3 Å². The number of hydrogen-bond donors (Lipinski definition) is 0. The number of ether oxygens (including phenoxy) is 1. The number of pyridine rings is 1. The van der Waals surface area contributed by atoms with Crippen LogP contribution in [0.1, 0.15) is 46.2 Å². The molecule has 35 heavy (non-hydrogen) atoms. The Morgan fingerprint density at radius 3 is 2.63 bits per heavy atom. The molecule has 0 bridgehead atoms. The van der Waals surface area contributed by atoms with Crippen molar-refractivity contribution in [1.29, 1.82) is 0 Å². The number of nitrogens with zero attached hydrogens (tertiary/aromatic N) is 6. The average Bonchev–Trinajstić information content (AvgIpc) is 2.90. The largest absolute Gasteiger partial charge is 0.439 e. The van der Waals surface area contributed by atoms with Gasteiger partial charge in [-0.15, -0.1) is 0 Å². The van der Waals surface area contributed by atoms with E-state index in [0.717, 1.165) is 41.1 Å². The first kappa shape index (κ1) is 22.6. The number of rotatable bonds is 5. The maximum absolute atomic E-state index is 13.2. The monoisotopic (exact) mass is 466 g/mol. The van der Waals surface area contributed by atoms with Gasteiger partial charge in [0.05, 0.1) is 11.3 Å². The lowest BCUT2D eigenvalue weighted by Crippen LogP contribution is -2.39. The molecule has 0 N–H and O–H groups in total. The molecule has 1 atom stereocenters. The minimum atomic E-state index is -0.0397. The van der Waals surface area contributed by atoms with Crippen LogP contribution in [0.2, 0.25) is 0 Å². The molecular formula is C27H26N6O2. The van der Waals surface area contributed by atoms with Crippen molar-refractivity contribution in [2.45, 2.75) is 32.6 Å². The Balaban J connectivity index is 1.31. The molecule has 3 aromatic heterocycles. The first-order valence-electron chi connectivity index (χ1n) is 11.7. The number of carbonyl (C=O) groups excluding carboxylic acids is 1. The van der Waals surface area contributed by atoms with Gasteiger partial charge in [0, 0.05) is 54.9 Å². The number of aromatic nitrogens is 5. The fraction of sp³-hybridized carbons (Fsp3) is 0.259. The zero-order chi connectivity index (χ0) is 24.2. The Bertz CT molecular complexity index is 1330. The summed E-state index contributed by atoms with van der Waals surface area (Å²) in [6.07, 6.45) is 8.29. The van der Waals surface area contributed by atoms with E-state index >= 15 is 0 Å². The molecule has 4 heterocycles. The summed E-state index contributed by atoms with van der Waals surface area (Å²) >= 11 is 0. The molecule has 4 aromatic rings. The predicted octanol–water partition coefficient (Wildman–Crippen LogP) is 4.76. The smallest absolute Gasteiger partial charge is 0.255 e. The highest BCUT2D eigenvalue weighted by Gasteiger charge is 2.28. The van der Waals surface area contributed by atoms with Crippen LogP contribution >= 0.6 is 0 Å². The summed E-state index contributed by atoms with van der Waals surface area (Å²) in [4.78, 5) is 37.0. The van der Waals surface area contributed by atoms with Gasteiger partial charge in [0.1, 0.15) is 17.9 Å². The molecule has 5 rings (SSSR count). The number of aryl methyl sites for hydroxylation is 2. The van der Waals surface area contributed by atoms with E-state index in [4.69, 9.17) is 9.72 Å². The first-order chi connectivity index (χ1) is 17.1. The van der Waals surface area contributed by atoms with Crippen LogP contribution in [0, 0.1) is 13.8 Å². The molecule has 8 nitrogen and oxygen atoms in total. The quantitative estimate of drug-likeness (QED) is 0.419. The SMILES string of the molecule is Cc1cc(Oc2ccccc2C)nc([C@@H]2CCCN(C(=O)c3ccc(-c4cncnc4)nc3)C2)n1. The second-order valence-electron chi connectivity index (χ2n) is 8.72. The van der Waals surface area contributed by atoms with E-state index in [1.807, 2.05) is 55.1 Å². The molecule has 1 aliphatic heterocycles. The van der Waals surface area contributed by atoms with Gasteiger partial charge in [0.2, 0.25) is 5.88 Å². The van der Waals surface area contributed by atoms with Gasteiger partial charge in [-0.05, 0) is 50.5 Å². The van der Waals surface area contributed by atoms with Crippen molar-refractivity contribution >= 4 is 5.91 Å². The number of benzene rings is 1. The van der Waals surface area contributed by atoms with Crippen molar-refractivity contribution in [2.24, 2.45) is 0 Å². The summed E-state index contributed by atoms with van der Waals surface area (Å²) in [5.74, 6) is 2.01. The van der Waals surface area contributed by atoms with Gasteiger partial charge in [-0.2, -0.15) is 4.98 Å². The molecule has 0 saturated carbocycles. The number of carbonyl (C=O) groups is 1. The number of piperidine rings is 1. The lowest BCUT2D eigenvalue weighted by molar-refractivity contribution is 0.0704. The van der Waals surface area contributed by atoms with Gasteiger partial charge in [-0.25, -0.2) is 15.0 Å². The van der Waals surface area contributed by atoms with Crippen molar-refractivity contribution in [3.05, 3.63) is 90.0 Å². The number of amides is 1. The average molecular weight is 467 g/mol. The Hall–Kier alpha value is -4.20. The molecule has 0 spiro atoms. The van der Waals surface area contributed by atoms with E-state index in [0.29, 0.717) is 30.4 Å². The zero-order valence-corrected chi connectivity index (χ0v) is 19.8. The van der Waals surface area contributed by atoms with E-state index in [1.54, 1.807) is 24.7 Å². The van der Waals surface area contributed by atoms with Gasteiger partial charge < -0.3 is 9.64 Å². The zero-order valence-electron chi connectivity index (χ0n) is 19.8. The molecule has 1 saturated heterocycles. The van der Waals surface area contributed by atoms with Crippen molar-refractivity contribution in [3.8, 4) is 22.9 Å². The van der Waals surface area contributed by atoms with Gasteiger partial charge in [-0.3, -0.25) is 9.78 Å². The van der Waals surface area contributed by atoms with Crippen molar-refractivity contribution in [1.82, 2.24) is 29.8 Å². The number of hydrogen-bond acceptors (Lipinski definition) is 7. The second kappa shape index (κ2) is 9.97. The molecule has 1 aromatic carbocycles. The summed E-state index contributed by atoms with van der Waals surface area (Å²) < 4.78 is 6.06. The van der Waals surface area contributed by atoms with Crippen LogP contribution in [0.5, 0.6) is 11.6 Å². The molecule has 1 fully saturated rings. The van der Waals surface area contributed by atoms with E-state index in [1.165, 1.54) is 6.33 Å². The summed E-state index contributed by atoms with van der Waals surface area (Å²) in [5.41, 5.74) is 3.98. The Morgan fingerprint density at radius 1 is 1.03 bits per heavy atom. The lowest BCUT2D eigenvalue weighted by atomic mass is 9.96. The van der Waals surface area contributed by atoms with Crippen molar-refractivity contribution in [3.63, 3.8) is 0 Å². The van der Waals surface area contributed by atoms with Crippen LogP contribution in [0.3, 0.4) is 0 Å². The predicted molar refractivity (Wildman–Crippen MR) is 131 cm³/mol. The summed E-state index contributed by atoms with van der Waals surface area (Å²) in [5, 5.41) is 0. The Morgan fingerprint density at radius 2 is 1.86 bits per heavy atom. The highest BCUT2D eigenvalue weighted by atomic mass is 16.5. The molecular weight excluding hydrogens is 440 g/mol. The molecule has 1 aliphatic rings. The summed E-state index contributed by atoms with van der Waals surface area (Å²) in [7, 11) is 0. The molecule has 1 amide bonds. The molecule has 0 unspecified atom stereocenters. The van der Waals surface area contributed by atoms with Crippen LogP contribution in [-0.2, 0) is 0 Å². The first-order valence-corrected chi connectivity index (χ1v) is 11.7. The lowest BCUT2D eigenvalue weighted by Gasteiger charge is -2.32. The Labute approximate surface area is 204 Å². The third kappa shape index (κ3) is 5.16. The van der Waals surface area contributed by atoms with Gasteiger partial charge >= 0.3 is 0 Å². The van der Waals surface area contributed by atoms with E-state index in [9.17, 15) is 4.79 Å². The van der Waals surface area contributed by atoms with Gasteiger partial charge in [-0.1, -0.05) is 18.2 Å². The van der Waals surface area contributed by atoms with E-state index < -0.39 is 0 Å². The standard InChI is InChI=1S/C27H26N6O2/c1-18-6-3-4-8-24(18)35-25-12-19(2)31-26(32-25)21-7-5-11-33(16-21)27(34)20-9-10-23(30-15-20)22-13-28-17-29-14-22/h3-4,6,8-10,12-15,17,21H,5,7,11,16H2,1-2H3/t21-/m1/s1. The van der Waals surface area contributed by atoms with Gasteiger partial charge in [0.15, 0.2) is 0 Å². The summed E-state index contributed by atoms with van der Waals surface area (Å²) in [6, 6.07) is 13.3. The molecule has 176 valence electrons. The molecule has 0 radical (unpaired) electrons. The fourth-order valence-corrected chi connectivity index (χ4v) is 4.26. The van der Waals surface area contributed by atoms with Gasteiger partial charge in [0.25, 0.3) is 5.91 Å². The van der Waals surface area contributed by atoms with Crippen molar-refractivity contribution in [2.75, 3.05) is 13.1 Å². The highest BCUT2D eigenvalue weighted by Crippen LogP contribution is 2.29. The van der Waals surface area contributed by atoms with E-state index in [2.05, 4.69) is 19.9 Å². The topological polar surface area (TPSA) is 94.0 Å². The fourth-order valence-electron chi connectivity index (χ4n) is 4.26. The van der Waals surface area contributed by atoms with Crippen LogP contribution < -0.4 is 4.74 Å². The maximum atomic E-state index is 13.2. The second-order valence-corrected chi connectivity index (χ2v) is 8.72. The van der Waals surface area contributed by atoms with Crippen LogP contribution in [0.4, 0.5) is 0 Å².